The largest absolute Gasteiger partial charge is 0.242 e. The minimum atomic E-state index is -3.65. The highest BCUT2D eigenvalue weighted by atomic mass is 35.5. The van der Waals surface area contributed by atoms with Gasteiger partial charge in [-0.1, -0.05) is 29.8 Å². The van der Waals surface area contributed by atoms with E-state index in [0.717, 1.165) is 15.5 Å². The Morgan fingerprint density at radius 3 is 2.77 bits per heavy atom. The molecule has 0 aliphatic rings. The zero-order valence-electron chi connectivity index (χ0n) is 13.3. The quantitative estimate of drug-likeness (QED) is 0.512. The second-order valence-corrected chi connectivity index (χ2v) is 9.34. The van der Waals surface area contributed by atoms with Gasteiger partial charge in [0.05, 0.1) is 15.6 Å². The van der Waals surface area contributed by atoms with Crippen LogP contribution in [0.25, 0.3) is 15.7 Å². The number of nitrogens with zero attached hydrogens (tertiary/aromatic N) is 3. The van der Waals surface area contributed by atoms with E-state index in [1.54, 1.807) is 34.1 Å². The van der Waals surface area contributed by atoms with Crippen LogP contribution < -0.4 is 4.72 Å². The molecule has 0 saturated heterocycles. The van der Waals surface area contributed by atoms with Crippen molar-refractivity contribution >= 4 is 49.3 Å². The molecule has 26 heavy (non-hydrogen) atoms. The van der Waals surface area contributed by atoms with E-state index >= 15 is 0 Å². The van der Waals surface area contributed by atoms with E-state index in [9.17, 15) is 8.42 Å². The van der Waals surface area contributed by atoms with Gasteiger partial charge in [-0.15, -0.1) is 27.8 Å². The summed E-state index contributed by atoms with van der Waals surface area (Å²) in [6.45, 7) is 0.244. The molecule has 0 radical (unpaired) electrons. The highest BCUT2D eigenvalue weighted by Crippen LogP contribution is 2.24. The third kappa shape index (κ3) is 3.40. The molecule has 0 saturated carbocycles. The topological polar surface area (TPSA) is 76.4 Å². The van der Waals surface area contributed by atoms with E-state index in [1.165, 1.54) is 17.4 Å². The standard InChI is InChI=1S/C16H13ClN4O2S3/c17-12-4-1-2-6-14(12)26(22,23)18-8-7-11-10-25-16-19-15(20-21(11)16)13-5-3-9-24-13/h1-6,9-10,18H,7-8H2. The highest BCUT2D eigenvalue weighted by molar-refractivity contribution is 7.89. The lowest BCUT2D eigenvalue weighted by Gasteiger charge is -2.07. The molecule has 0 fully saturated rings. The van der Waals surface area contributed by atoms with Crippen molar-refractivity contribution in [2.24, 2.45) is 0 Å². The fourth-order valence-corrected chi connectivity index (χ4v) is 5.52. The lowest BCUT2D eigenvalue weighted by Crippen LogP contribution is -2.26. The van der Waals surface area contributed by atoms with Gasteiger partial charge in [-0.25, -0.2) is 17.7 Å². The molecule has 10 heteroatoms. The van der Waals surface area contributed by atoms with Crippen molar-refractivity contribution in [1.29, 1.82) is 0 Å². The molecule has 4 rings (SSSR count). The van der Waals surface area contributed by atoms with Gasteiger partial charge in [-0.3, -0.25) is 0 Å². The van der Waals surface area contributed by atoms with E-state index in [-0.39, 0.29) is 16.5 Å². The molecule has 0 aliphatic heterocycles. The van der Waals surface area contributed by atoms with Gasteiger partial charge in [0.2, 0.25) is 15.0 Å². The second-order valence-electron chi connectivity index (χ2n) is 5.41. The highest BCUT2D eigenvalue weighted by Gasteiger charge is 2.17. The maximum Gasteiger partial charge on any atom is 0.242 e. The number of halogens is 1. The van der Waals surface area contributed by atoms with E-state index in [1.807, 2.05) is 22.9 Å². The van der Waals surface area contributed by atoms with Crippen LogP contribution in [0.1, 0.15) is 5.69 Å². The summed E-state index contributed by atoms with van der Waals surface area (Å²) in [5.41, 5.74) is 0.905. The normalized spacial score (nSPS) is 12.0. The van der Waals surface area contributed by atoms with Gasteiger partial charge in [0.15, 0.2) is 5.82 Å². The molecule has 1 aromatic carbocycles. The molecule has 3 aromatic heterocycles. The number of thiazole rings is 1. The fraction of sp³-hybridized carbons (Fsp3) is 0.125. The number of thiophene rings is 1. The van der Waals surface area contributed by atoms with Crippen LogP contribution in [-0.2, 0) is 16.4 Å². The molecule has 1 N–H and O–H groups in total. The third-order valence-electron chi connectivity index (χ3n) is 3.69. The van der Waals surface area contributed by atoms with Crippen molar-refractivity contribution in [2.75, 3.05) is 6.54 Å². The molecule has 0 amide bonds. The van der Waals surface area contributed by atoms with Gasteiger partial charge in [0.25, 0.3) is 0 Å². The third-order valence-corrected chi connectivity index (χ3v) is 7.38. The average Bonchev–Trinajstić information content (AvgIpc) is 3.32. The van der Waals surface area contributed by atoms with Crippen molar-refractivity contribution in [3.63, 3.8) is 0 Å². The molecule has 134 valence electrons. The molecule has 0 spiro atoms. The monoisotopic (exact) mass is 424 g/mol. The number of nitrogens with one attached hydrogen (secondary N) is 1. The second kappa shape index (κ2) is 7.09. The van der Waals surface area contributed by atoms with Crippen molar-refractivity contribution in [1.82, 2.24) is 19.3 Å². The van der Waals surface area contributed by atoms with E-state index in [0.29, 0.717) is 12.2 Å². The van der Waals surface area contributed by atoms with Gasteiger partial charge in [-0.2, -0.15) is 4.98 Å². The summed E-state index contributed by atoms with van der Waals surface area (Å²) < 4.78 is 29.1. The van der Waals surface area contributed by atoms with Crippen LogP contribution in [-0.4, -0.2) is 29.6 Å². The molecule has 0 unspecified atom stereocenters. The molecule has 4 aromatic rings. The summed E-state index contributed by atoms with van der Waals surface area (Å²) in [4.78, 5) is 6.39. The minimum absolute atomic E-state index is 0.0814. The number of sulfonamides is 1. The summed E-state index contributed by atoms with van der Waals surface area (Å²) in [5, 5.41) is 8.66. The van der Waals surface area contributed by atoms with Crippen LogP contribution in [0.15, 0.2) is 52.1 Å². The number of hydrogen-bond acceptors (Lipinski definition) is 6. The number of fused-ring (bicyclic) bond motifs is 1. The van der Waals surface area contributed by atoms with Gasteiger partial charge >= 0.3 is 0 Å². The van der Waals surface area contributed by atoms with E-state index in [2.05, 4.69) is 14.8 Å². The zero-order chi connectivity index (χ0) is 18.1. The first-order valence-corrected chi connectivity index (χ1v) is 11.3. The number of benzene rings is 1. The van der Waals surface area contributed by atoms with Crippen LogP contribution in [0.2, 0.25) is 5.02 Å². The Kier molecular flexibility index (Phi) is 4.80. The first-order valence-electron chi connectivity index (χ1n) is 7.66. The summed E-state index contributed by atoms with van der Waals surface area (Å²) >= 11 is 9.05. The summed E-state index contributed by atoms with van der Waals surface area (Å²) in [6, 6.07) is 10.3. The Bertz CT molecular complexity index is 1150. The zero-order valence-corrected chi connectivity index (χ0v) is 16.5. The van der Waals surface area contributed by atoms with Crippen molar-refractivity contribution in [3.8, 4) is 10.7 Å². The van der Waals surface area contributed by atoms with Crippen molar-refractivity contribution in [3.05, 3.63) is 57.9 Å². The van der Waals surface area contributed by atoms with Crippen LogP contribution in [0, 0.1) is 0 Å². The molecule has 0 bridgehead atoms. The smallest absolute Gasteiger partial charge is 0.211 e. The van der Waals surface area contributed by atoms with Crippen molar-refractivity contribution < 1.29 is 8.42 Å². The minimum Gasteiger partial charge on any atom is -0.211 e. The summed E-state index contributed by atoms with van der Waals surface area (Å²) in [7, 11) is -3.65. The Morgan fingerprint density at radius 1 is 1.15 bits per heavy atom. The number of hydrogen-bond donors (Lipinski definition) is 1. The lowest BCUT2D eigenvalue weighted by molar-refractivity contribution is 0.581. The first kappa shape index (κ1) is 17.6. The summed E-state index contributed by atoms with van der Waals surface area (Å²) in [6.07, 6.45) is 0.497. The molecule has 0 aliphatic carbocycles. The molecular weight excluding hydrogens is 412 g/mol. The average molecular weight is 425 g/mol. The van der Waals surface area contributed by atoms with Gasteiger partial charge < -0.3 is 0 Å². The Labute approximate surface area is 163 Å². The predicted molar refractivity (Wildman–Crippen MR) is 105 cm³/mol. The Hall–Kier alpha value is -1.78. The van der Waals surface area contributed by atoms with E-state index < -0.39 is 10.0 Å². The van der Waals surface area contributed by atoms with Crippen LogP contribution >= 0.6 is 34.3 Å². The molecule has 6 nitrogen and oxygen atoms in total. The Balaban J connectivity index is 1.49. The van der Waals surface area contributed by atoms with Crippen LogP contribution in [0.5, 0.6) is 0 Å². The first-order chi connectivity index (χ1) is 12.5. The lowest BCUT2D eigenvalue weighted by atomic mass is 10.3. The van der Waals surface area contributed by atoms with E-state index in [4.69, 9.17) is 11.6 Å². The van der Waals surface area contributed by atoms with Gasteiger partial charge in [-0.05, 0) is 23.6 Å². The number of aromatic nitrogens is 3. The molecule has 0 atom stereocenters. The fourth-order valence-electron chi connectivity index (χ4n) is 2.46. The maximum atomic E-state index is 12.4. The molecular formula is C16H13ClN4O2S3. The van der Waals surface area contributed by atoms with Gasteiger partial charge in [0, 0.05) is 18.3 Å². The maximum absolute atomic E-state index is 12.4. The molecule has 3 heterocycles. The Morgan fingerprint density at radius 2 is 2.00 bits per heavy atom. The summed E-state index contributed by atoms with van der Waals surface area (Å²) in [5.74, 6) is 0.685. The van der Waals surface area contributed by atoms with Gasteiger partial charge in [0.1, 0.15) is 4.90 Å². The number of rotatable bonds is 6. The van der Waals surface area contributed by atoms with Crippen molar-refractivity contribution in [2.45, 2.75) is 11.3 Å². The van der Waals surface area contributed by atoms with Crippen LogP contribution in [0.3, 0.4) is 0 Å². The SMILES string of the molecule is O=S(=O)(NCCc1csc2nc(-c3cccs3)nn12)c1ccccc1Cl. The predicted octanol–water partition coefficient (Wildman–Crippen LogP) is 3.69. The van der Waals surface area contributed by atoms with Crippen LogP contribution in [0.4, 0.5) is 0 Å².